The molecule has 1 aromatic heterocycles. The van der Waals surface area contributed by atoms with Gasteiger partial charge in [-0.1, -0.05) is 13.3 Å². The van der Waals surface area contributed by atoms with Gasteiger partial charge in [0.1, 0.15) is 6.61 Å². The molecule has 1 rings (SSSR count). The summed E-state index contributed by atoms with van der Waals surface area (Å²) in [5.41, 5.74) is 0. The number of aromatic amines is 1. The first-order chi connectivity index (χ1) is 6.27. The lowest BCUT2D eigenvalue weighted by Gasteiger charge is -1.88. The Morgan fingerprint density at radius 2 is 2.31 bits per heavy atom. The minimum Gasteiger partial charge on any atom is -0.396 e. The van der Waals surface area contributed by atoms with Crippen molar-refractivity contribution in [2.45, 2.75) is 19.8 Å². The average molecular weight is 300 g/mol. The molecule has 0 amide bonds. The molecule has 1 aromatic rings. The molecule has 0 radical (unpaired) electrons. The van der Waals surface area contributed by atoms with E-state index in [1.807, 2.05) is 6.92 Å². The molecule has 0 aromatic carbocycles. The lowest BCUT2D eigenvalue weighted by molar-refractivity contribution is -1.63. The second-order valence-electron chi connectivity index (χ2n) is 2.12. The first kappa shape index (κ1) is 12.8. The molecule has 0 aliphatic rings. The van der Waals surface area contributed by atoms with Gasteiger partial charge in [0.2, 0.25) is 0 Å². The van der Waals surface area contributed by atoms with E-state index in [-0.39, 0.29) is 0 Å². The SMILES string of the molecule is CCCCO[I+2]([O-])[O-].c1c[nH]cn1. The first-order valence-corrected chi connectivity index (χ1v) is 6.53. The molecule has 0 aliphatic heterocycles. The minimum absolute atomic E-state index is 0.369. The molecule has 1 heterocycles. The predicted octanol–water partition coefficient (Wildman–Crippen LogP) is -3.70. The number of unbranched alkanes of at least 4 members (excludes halogenated alkanes) is 1. The molecule has 76 valence electrons. The van der Waals surface area contributed by atoms with Crippen LogP contribution >= 0.6 is 0 Å². The minimum atomic E-state index is -3.34. The molecule has 0 atom stereocenters. The highest BCUT2D eigenvalue weighted by atomic mass is 127. The van der Waals surface area contributed by atoms with Gasteiger partial charge in [-0.3, -0.25) is 0 Å². The van der Waals surface area contributed by atoms with Crippen LogP contribution < -0.4 is 27.9 Å². The smallest absolute Gasteiger partial charge is 0.396 e. The van der Waals surface area contributed by atoms with Crippen molar-refractivity contribution in [3.8, 4) is 0 Å². The van der Waals surface area contributed by atoms with Crippen LogP contribution in [0.3, 0.4) is 0 Å². The normalized spacial score (nSPS) is 9.54. The van der Waals surface area contributed by atoms with E-state index in [1.165, 1.54) is 0 Å². The van der Waals surface area contributed by atoms with Gasteiger partial charge in [0.15, 0.2) is 0 Å². The Hall–Kier alpha value is -0.180. The van der Waals surface area contributed by atoms with Crippen molar-refractivity contribution in [1.82, 2.24) is 9.97 Å². The van der Waals surface area contributed by atoms with Crippen molar-refractivity contribution in [1.29, 1.82) is 0 Å². The van der Waals surface area contributed by atoms with Gasteiger partial charge in [-0.15, -0.1) is 0 Å². The number of imidazole rings is 1. The monoisotopic (exact) mass is 300 g/mol. The van der Waals surface area contributed by atoms with E-state index in [9.17, 15) is 6.87 Å². The van der Waals surface area contributed by atoms with E-state index in [4.69, 9.17) is 0 Å². The van der Waals surface area contributed by atoms with Crippen LogP contribution in [0.15, 0.2) is 18.7 Å². The molecule has 6 heteroatoms. The lowest BCUT2D eigenvalue weighted by Crippen LogP contribution is -3.99. The zero-order valence-electron chi connectivity index (χ0n) is 7.40. The summed E-state index contributed by atoms with van der Waals surface area (Å²) >= 11 is -3.34. The summed E-state index contributed by atoms with van der Waals surface area (Å²) in [7, 11) is 0. The summed E-state index contributed by atoms with van der Waals surface area (Å²) in [6.07, 6.45) is 6.89. The number of hydrogen-bond acceptors (Lipinski definition) is 4. The van der Waals surface area contributed by atoms with Crippen LogP contribution in [0.5, 0.6) is 0 Å². The van der Waals surface area contributed by atoms with Crippen LogP contribution in [0, 0.1) is 0 Å². The van der Waals surface area contributed by atoms with Gasteiger partial charge < -0.3 is 11.9 Å². The maximum Gasteiger partial charge on any atom is 0.506 e. The molecule has 0 spiro atoms. The third-order valence-corrected chi connectivity index (χ3v) is 2.02. The van der Waals surface area contributed by atoms with Gasteiger partial charge in [-0.2, -0.15) is 0 Å². The molecule has 13 heavy (non-hydrogen) atoms. The molecular formula is C7H13IN2O3. The standard InChI is InChI=1S/C4H9IO3.C3H4N2/c1-2-3-4-8-5(6)7;1-2-5-3-4-1/h2-4H2,1H3;1-3H,(H,4,5). The zero-order chi connectivity index (χ0) is 9.94. The van der Waals surface area contributed by atoms with E-state index >= 15 is 0 Å². The Bertz CT molecular complexity index is 153. The summed E-state index contributed by atoms with van der Waals surface area (Å²) in [4.78, 5) is 6.42. The van der Waals surface area contributed by atoms with Gasteiger partial charge in [0, 0.05) is 12.4 Å². The van der Waals surface area contributed by atoms with Crippen LogP contribution in [0.2, 0.25) is 0 Å². The maximum atomic E-state index is 9.78. The van der Waals surface area contributed by atoms with E-state index in [2.05, 4.69) is 13.0 Å². The second kappa shape index (κ2) is 9.90. The largest absolute Gasteiger partial charge is 0.506 e. The summed E-state index contributed by atoms with van der Waals surface area (Å²) in [6, 6.07) is 0. The topological polar surface area (TPSA) is 84.0 Å². The number of H-pyrrole nitrogens is 1. The molecule has 0 saturated carbocycles. The van der Waals surface area contributed by atoms with E-state index in [0.29, 0.717) is 6.61 Å². The van der Waals surface area contributed by atoms with Crippen LogP contribution in [0.25, 0.3) is 0 Å². The maximum absolute atomic E-state index is 9.78. The Morgan fingerprint density at radius 3 is 2.62 bits per heavy atom. The number of rotatable bonds is 4. The molecule has 1 N–H and O–H groups in total. The first-order valence-electron chi connectivity index (χ1n) is 3.89. The quantitative estimate of drug-likeness (QED) is 0.458. The van der Waals surface area contributed by atoms with Crippen LogP contribution in [0.1, 0.15) is 19.8 Å². The molecule has 5 nitrogen and oxygen atoms in total. The third-order valence-electron chi connectivity index (χ3n) is 1.07. The van der Waals surface area contributed by atoms with E-state index in [1.54, 1.807) is 18.7 Å². The highest BCUT2D eigenvalue weighted by molar-refractivity contribution is 4.64. The summed E-state index contributed by atoms with van der Waals surface area (Å²) < 4.78 is 23.9. The van der Waals surface area contributed by atoms with Crippen LogP contribution in [0.4, 0.5) is 0 Å². The number of nitrogens with zero attached hydrogens (tertiary/aromatic N) is 1. The van der Waals surface area contributed by atoms with Crippen molar-refractivity contribution < 1.29 is 31.0 Å². The molecule has 0 bridgehead atoms. The Morgan fingerprint density at radius 1 is 1.54 bits per heavy atom. The Kier molecular flexibility index (Phi) is 9.77. The van der Waals surface area contributed by atoms with Gasteiger partial charge in [0.25, 0.3) is 0 Å². The van der Waals surface area contributed by atoms with Crippen molar-refractivity contribution >= 4 is 0 Å². The lowest BCUT2D eigenvalue weighted by atomic mass is 10.4. The fourth-order valence-electron chi connectivity index (χ4n) is 0.477. The van der Waals surface area contributed by atoms with Gasteiger partial charge in [-0.05, 0) is 9.49 Å². The van der Waals surface area contributed by atoms with Crippen LogP contribution in [-0.4, -0.2) is 16.6 Å². The zero-order valence-corrected chi connectivity index (χ0v) is 9.56. The number of aromatic nitrogens is 2. The Labute approximate surface area is 86.2 Å². The number of hydrogen-bond donors (Lipinski definition) is 1. The highest BCUT2D eigenvalue weighted by Gasteiger charge is 2.08. The van der Waals surface area contributed by atoms with Crippen molar-refractivity contribution in [3.05, 3.63) is 18.7 Å². The van der Waals surface area contributed by atoms with E-state index < -0.39 is 21.1 Å². The molecule has 0 saturated heterocycles. The summed E-state index contributed by atoms with van der Waals surface area (Å²) in [5, 5.41) is 0. The van der Waals surface area contributed by atoms with Crippen LogP contribution in [-0.2, 0) is 3.07 Å². The Balaban J connectivity index is 0.000000243. The second-order valence-corrected chi connectivity index (χ2v) is 3.82. The third kappa shape index (κ3) is 11.8. The predicted molar refractivity (Wildman–Crippen MR) is 39.4 cm³/mol. The van der Waals surface area contributed by atoms with Crippen molar-refractivity contribution in [2.24, 2.45) is 0 Å². The van der Waals surface area contributed by atoms with Gasteiger partial charge in [0.05, 0.1) is 6.33 Å². The number of halogens is 1. The van der Waals surface area contributed by atoms with E-state index in [0.717, 1.165) is 12.8 Å². The molecule has 0 unspecified atom stereocenters. The number of nitrogens with one attached hydrogen (secondary N) is 1. The van der Waals surface area contributed by atoms with Crippen molar-refractivity contribution in [3.63, 3.8) is 0 Å². The van der Waals surface area contributed by atoms with Gasteiger partial charge in [-0.25, -0.2) is 4.98 Å². The molecule has 0 aliphatic carbocycles. The highest BCUT2D eigenvalue weighted by Crippen LogP contribution is 1.81. The summed E-state index contributed by atoms with van der Waals surface area (Å²) in [5.74, 6) is 0. The fraction of sp³-hybridized carbons (Fsp3) is 0.571. The fourth-order valence-corrected chi connectivity index (χ4v) is 1.15. The average Bonchev–Trinajstić information content (AvgIpc) is 2.61. The van der Waals surface area contributed by atoms with Gasteiger partial charge >= 0.3 is 21.1 Å². The summed E-state index contributed by atoms with van der Waals surface area (Å²) in [6.45, 7) is 2.35. The molecular weight excluding hydrogens is 287 g/mol. The molecule has 0 fully saturated rings. The van der Waals surface area contributed by atoms with Crippen molar-refractivity contribution in [2.75, 3.05) is 6.61 Å².